The van der Waals surface area contributed by atoms with Crippen molar-refractivity contribution in [1.29, 1.82) is 0 Å². The van der Waals surface area contributed by atoms with Crippen molar-refractivity contribution in [2.45, 2.75) is 70.6 Å². The highest BCUT2D eigenvalue weighted by atomic mass is 31.2. The van der Waals surface area contributed by atoms with E-state index < -0.39 is 50.4 Å². The Kier molecular flexibility index (Phi) is 9.68. The van der Waals surface area contributed by atoms with Crippen LogP contribution in [-0.4, -0.2) is 67.9 Å². The van der Waals surface area contributed by atoms with Crippen molar-refractivity contribution in [1.82, 2.24) is 14.6 Å². The lowest BCUT2D eigenvalue weighted by Gasteiger charge is -2.29. The Morgan fingerprint density at radius 1 is 1.20 bits per heavy atom. The highest BCUT2D eigenvalue weighted by Crippen LogP contribution is 2.52. The number of aliphatic hydroxyl groups excluding tert-OH is 2. The zero-order valence-electron chi connectivity index (χ0n) is 23.5. The molecule has 1 fully saturated rings. The number of phosphoric ester groups is 1. The maximum absolute atomic E-state index is 13.8. The van der Waals surface area contributed by atoms with Crippen molar-refractivity contribution >= 4 is 25.1 Å². The number of fused-ring (bicyclic) bond motifs is 1. The van der Waals surface area contributed by atoms with Crippen molar-refractivity contribution in [3.05, 3.63) is 54.5 Å². The smallest absolute Gasteiger partial charge is 0.463 e. The molecule has 0 saturated carbocycles. The maximum atomic E-state index is 13.8. The van der Waals surface area contributed by atoms with Gasteiger partial charge >= 0.3 is 13.8 Å². The third-order valence-electron chi connectivity index (χ3n) is 7.16. The van der Waals surface area contributed by atoms with E-state index in [4.69, 9.17) is 28.8 Å². The first-order chi connectivity index (χ1) is 19.5. The number of rotatable bonds is 13. The van der Waals surface area contributed by atoms with Gasteiger partial charge in [0.1, 0.15) is 41.5 Å². The Labute approximate surface area is 238 Å². The van der Waals surface area contributed by atoms with Crippen LogP contribution in [-0.2, 0) is 27.9 Å². The Hall–Kier alpha value is -3.06. The maximum Gasteiger partial charge on any atom is 0.530 e. The topological polar surface area (TPSA) is 177 Å². The second kappa shape index (κ2) is 12.8. The summed E-state index contributed by atoms with van der Waals surface area (Å²) in [5.74, 6) is -0.135. The van der Waals surface area contributed by atoms with Crippen molar-refractivity contribution in [2.75, 3.05) is 18.9 Å². The molecule has 0 aliphatic carbocycles. The molecule has 6 atom stereocenters. The lowest BCUT2D eigenvalue weighted by atomic mass is 9.97. The van der Waals surface area contributed by atoms with Crippen LogP contribution in [0.1, 0.15) is 52.3 Å². The Morgan fingerprint density at radius 3 is 2.59 bits per heavy atom. The number of carbonyl (C=O) groups excluding carboxylic acids is 1. The first kappa shape index (κ1) is 30.9. The lowest BCUT2D eigenvalue weighted by Crippen LogP contribution is -2.44. The molecule has 0 radical (unpaired) electrons. The van der Waals surface area contributed by atoms with Gasteiger partial charge in [-0.1, -0.05) is 44.9 Å². The van der Waals surface area contributed by atoms with Gasteiger partial charge in [0, 0.05) is 0 Å². The SMILES string of the molecule is CCC(CC)COC(=O)[C@H](C)OP(=O)(OC[C@@]1(C)O[C@@H](c2ccc3c(N)ncnn23)[C@H](O)[C@@H]1O)Oc1ccccc1. The van der Waals surface area contributed by atoms with Crippen molar-refractivity contribution in [3.8, 4) is 5.75 Å². The van der Waals surface area contributed by atoms with Crippen LogP contribution in [0.3, 0.4) is 0 Å². The number of ether oxygens (including phenoxy) is 2. The van der Waals surface area contributed by atoms with E-state index in [-0.39, 0.29) is 24.1 Å². The molecule has 0 bridgehead atoms. The number of hydrogen-bond acceptors (Lipinski definition) is 12. The quantitative estimate of drug-likeness (QED) is 0.195. The average Bonchev–Trinajstić information content (AvgIpc) is 3.49. The summed E-state index contributed by atoms with van der Waals surface area (Å²) in [5, 5.41) is 26.0. The van der Waals surface area contributed by atoms with Crippen LogP contribution in [0.2, 0.25) is 0 Å². The van der Waals surface area contributed by atoms with Gasteiger partial charge in [-0.05, 0) is 44.0 Å². The fourth-order valence-corrected chi connectivity index (χ4v) is 5.90. The molecule has 13 nitrogen and oxygen atoms in total. The van der Waals surface area contributed by atoms with Gasteiger partial charge in [-0.2, -0.15) is 5.10 Å². The van der Waals surface area contributed by atoms with Crippen LogP contribution in [0.4, 0.5) is 5.82 Å². The molecule has 0 amide bonds. The molecule has 2 aromatic heterocycles. The predicted molar refractivity (Wildman–Crippen MR) is 148 cm³/mol. The highest BCUT2D eigenvalue weighted by molar-refractivity contribution is 7.49. The molecule has 3 aromatic rings. The number of benzene rings is 1. The number of para-hydroxylation sites is 1. The van der Waals surface area contributed by atoms with Gasteiger partial charge in [0.2, 0.25) is 0 Å². The molecule has 0 spiro atoms. The Balaban J connectivity index is 1.51. The van der Waals surface area contributed by atoms with Crippen molar-refractivity contribution in [2.24, 2.45) is 5.92 Å². The number of nitrogen functional groups attached to an aromatic ring is 1. The first-order valence-electron chi connectivity index (χ1n) is 13.5. The number of aliphatic hydroxyl groups is 2. The van der Waals surface area contributed by atoms with Gasteiger partial charge in [0.15, 0.2) is 11.9 Å². The van der Waals surface area contributed by atoms with E-state index >= 15 is 0 Å². The lowest BCUT2D eigenvalue weighted by molar-refractivity contribution is -0.153. The molecule has 4 N–H and O–H groups in total. The van der Waals surface area contributed by atoms with Crippen LogP contribution < -0.4 is 10.3 Å². The normalized spacial score (nSPS) is 24.8. The predicted octanol–water partition coefficient (Wildman–Crippen LogP) is 3.45. The van der Waals surface area contributed by atoms with E-state index in [0.29, 0.717) is 11.2 Å². The van der Waals surface area contributed by atoms with Gasteiger partial charge in [-0.3, -0.25) is 9.05 Å². The fourth-order valence-electron chi connectivity index (χ4n) is 4.47. The van der Waals surface area contributed by atoms with Crippen LogP contribution in [0.25, 0.3) is 5.52 Å². The molecule has 4 rings (SSSR count). The summed E-state index contributed by atoms with van der Waals surface area (Å²) in [5.41, 5.74) is 5.26. The summed E-state index contributed by atoms with van der Waals surface area (Å²) in [6, 6.07) is 11.5. The minimum absolute atomic E-state index is 0.168. The standard InChI is InChI=1S/C27H37N4O9P/c1-5-18(6-2)14-36-26(34)17(3)39-41(35,40-19-10-8-7-9-11-19)37-15-27(4)24(33)22(32)23(38-27)20-12-13-21-25(28)29-16-30-31(20)21/h7-13,16-18,22-24,32-33H,5-6,14-15H2,1-4H3,(H2,28,29,30)/t17-,22-,23-,24-,27+,41?/m0/s1. The number of esters is 1. The van der Waals surface area contributed by atoms with Crippen LogP contribution in [0.15, 0.2) is 48.8 Å². The minimum Gasteiger partial charge on any atom is -0.463 e. The van der Waals surface area contributed by atoms with Gasteiger partial charge in [0.05, 0.1) is 18.9 Å². The monoisotopic (exact) mass is 592 g/mol. The van der Waals surface area contributed by atoms with Crippen molar-refractivity contribution < 1.29 is 42.6 Å². The third-order valence-corrected chi connectivity index (χ3v) is 8.62. The van der Waals surface area contributed by atoms with Crippen LogP contribution >= 0.6 is 7.82 Å². The van der Waals surface area contributed by atoms with Crippen molar-refractivity contribution in [3.63, 3.8) is 0 Å². The molecule has 1 aliphatic heterocycles. The zero-order valence-corrected chi connectivity index (χ0v) is 24.3. The van der Waals surface area contributed by atoms with E-state index in [1.165, 1.54) is 24.7 Å². The molecular formula is C27H37N4O9P. The van der Waals surface area contributed by atoms with E-state index in [0.717, 1.165) is 12.8 Å². The summed E-state index contributed by atoms with van der Waals surface area (Å²) in [6.07, 6.45) is -2.26. The number of anilines is 1. The summed E-state index contributed by atoms with van der Waals surface area (Å²) in [7, 11) is -4.50. The molecule has 224 valence electrons. The summed E-state index contributed by atoms with van der Waals surface area (Å²) < 4.78 is 43.5. The van der Waals surface area contributed by atoms with Crippen LogP contribution in [0.5, 0.6) is 5.75 Å². The van der Waals surface area contributed by atoms with Crippen LogP contribution in [0, 0.1) is 5.92 Å². The minimum atomic E-state index is -4.50. The second-order valence-electron chi connectivity index (χ2n) is 10.2. The fraction of sp³-hybridized carbons (Fsp3) is 0.519. The molecule has 1 unspecified atom stereocenters. The highest BCUT2D eigenvalue weighted by Gasteiger charge is 2.54. The van der Waals surface area contributed by atoms with Gasteiger partial charge in [-0.15, -0.1) is 0 Å². The molecule has 1 saturated heterocycles. The van der Waals surface area contributed by atoms with E-state index in [2.05, 4.69) is 10.1 Å². The summed E-state index contributed by atoms with van der Waals surface area (Å²) in [6.45, 7) is 6.55. The number of hydrogen-bond donors (Lipinski definition) is 3. The van der Waals surface area contributed by atoms with Gasteiger partial charge in [0.25, 0.3) is 0 Å². The Morgan fingerprint density at radius 2 is 1.90 bits per heavy atom. The number of nitrogens with two attached hydrogens (primary N) is 1. The van der Waals surface area contributed by atoms with Gasteiger partial charge < -0.3 is 29.9 Å². The molecule has 1 aromatic carbocycles. The largest absolute Gasteiger partial charge is 0.530 e. The molecule has 1 aliphatic rings. The van der Waals surface area contributed by atoms with E-state index in [1.54, 1.807) is 42.5 Å². The molecule has 41 heavy (non-hydrogen) atoms. The molecule has 14 heteroatoms. The first-order valence-corrected chi connectivity index (χ1v) is 14.9. The molecule has 3 heterocycles. The third kappa shape index (κ3) is 6.88. The van der Waals surface area contributed by atoms with E-state index in [9.17, 15) is 19.6 Å². The average molecular weight is 593 g/mol. The number of carbonyl (C=O) groups is 1. The van der Waals surface area contributed by atoms with E-state index in [1.807, 2.05) is 13.8 Å². The number of aromatic nitrogens is 3. The number of phosphoric acid groups is 1. The Bertz CT molecular complexity index is 1370. The summed E-state index contributed by atoms with van der Waals surface area (Å²) >= 11 is 0. The second-order valence-corrected chi connectivity index (χ2v) is 11.7. The summed E-state index contributed by atoms with van der Waals surface area (Å²) in [4.78, 5) is 16.6. The van der Waals surface area contributed by atoms with Gasteiger partial charge in [-0.25, -0.2) is 18.9 Å². The zero-order chi connectivity index (χ0) is 29.8. The number of nitrogens with zero attached hydrogens (tertiary/aromatic N) is 3. The molecular weight excluding hydrogens is 555 g/mol.